The maximum absolute atomic E-state index is 13.9. The van der Waals surface area contributed by atoms with Crippen LogP contribution in [-0.2, 0) is 14.8 Å². The monoisotopic (exact) mass is 446 g/mol. The first-order valence-corrected chi connectivity index (χ1v) is 10.8. The topological polar surface area (TPSA) is 66.5 Å². The van der Waals surface area contributed by atoms with Crippen LogP contribution in [0.15, 0.2) is 44.4 Å². The largest absolute Gasteiger partial charge is 0.323 e. The summed E-state index contributed by atoms with van der Waals surface area (Å²) in [6.45, 7) is 0.487. The summed E-state index contributed by atoms with van der Waals surface area (Å²) in [6, 6.07) is 7.61. The molecule has 0 unspecified atom stereocenters. The van der Waals surface area contributed by atoms with Gasteiger partial charge in [-0.3, -0.25) is 4.79 Å². The molecule has 0 radical (unpaired) electrons. The molecular weight excluding hydrogens is 431 g/mol. The number of hydrogen-bond acceptors (Lipinski definition) is 4. The minimum atomic E-state index is -3.58. The van der Waals surface area contributed by atoms with Crippen LogP contribution in [-0.4, -0.2) is 31.7 Å². The molecule has 134 valence electrons. The number of anilines is 1. The molecule has 0 spiro atoms. The van der Waals surface area contributed by atoms with Gasteiger partial charge in [0.05, 0.1) is 11.6 Å². The van der Waals surface area contributed by atoms with Gasteiger partial charge < -0.3 is 5.32 Å². The van der Waals surface area contributed by atoms with Crippen LogP contribution in [0.2, 0.25) is 0 Å². The second-order valence-electron chi connectivity index (χ2n) is 5.75. The molecule has 9 heteroatoms. The van der Waals surface area contributed by atoms with Gasteiger partial charge in [-0.05, 0) is 42.5 Å². The van der Waals surface area contributed by atoms with Gasteiger partial charge in [-0.25, -0.2) is 12.8 Å². The third-order valence-corrected chi connectivity index (χ3v) is 7.76. The van der Waals surface area contributed by atoms with E-state index >= 15 is 0 Å². The molecule has 2 aromatic rings. The van der Waals surface area contributed by atoms with Crippen molar-refractivity contribution in [3.63, 3.8) is 0 Å². The molecular formula is C16H16BrFN2O3S2. The smallest absolute Gasteiger partial charge is 0.252 e. The van der Waals surface area contributed by atoms with Crippen molar-refractivity contribution in [2.45, 2.75) is 17.1 Å². The predicted octanol–water partition coefficient (Wildman–Crippen LogP) is 3.69. The molecule has 0 saturated carbocycles. The Kier molecular flexibility index (Phi) is 5.57. The average molecular weight is 447 g/mol. The van der Waals surface area contributed by atoms with Crippen molar-refractivity contribution < 1.29 is 17.6 Å². The van der Waals surface area contributed by atoms with Crippen molar-refractivity contribution in [3.05, 3.63) is 46.0 Å². The summed E-state index contributed by atoms with van der Waals surface area (Å²) in [7, 11) is -3.58. The van der Waals surface area contributed by atoms with Crippen LogP contribution in [0, 0.1) is 11.7 Å². The van der Waals surface area contributed by atoms with E-state index in [1.54, 1.807) is 23.6 Å². The molecule has 1 saturated heterocycles. The number of carbonyl (C=O) groups is 1. The standard InChI is InChI=1S/C16H16BrFN2O3S2/c17-12-5-6-14(13(18)9-12)19-16(21)11-3-1-7-20(10-11)25(22,23)15-4-2-8-24-15/h2,4-6,8-9,11H,1,3,7,10H2,(H,19,21)/t11-/m0/s1. The average Bonchev–Trinajstić information content (AvgIpc) is 3.13. The van der Waals surface area contributed by atoms with Gasteiger partial charge in [0.1, 0.15) is 10.0 Å². The van der Waals surface area contributed by atoms with Gasteiger partial charge in [-0.1, -0.05) is 22.0 Å². The van der Waals surface area contributed by atoms with Crippen LogP contribution in [0.25, 0.3) is 0 Å². The lowest BCUT2D eigenvalue weighted by molar-refractivity contribution is -0.120. The Morgan fingerprint density at radius 1 is 1.36 bits per heavy atom. The van der Waals surface area contributed by atoms with Crippen LogP contribution in [0.5, 0.6) is 0 Å². The Balaban J connectivity index is 1.72. The second kappa shape index (κ2) is 7.53. The van der Waals surface area contributed by atoms with Crippen molar-refractivity contribution in [1.82, 2.24) is 4.31 Å². The lowest BCUT2D eigenvalue weighted by atomic mass is 9.98. The normalized spacial score (nSPS) is 18.9. The Bertz CT molecular complexity index is 872. The number of amides is 1. The molecule has 1 atom stereocenters. The number of sulfonamides is 1. The van der Waals surface area contributed by atoms with E-state index in [0.717, 1.165) is 11.3 Å². The number of rotatable bonds is 4. The SMILES string of the molecule is O=C(Nc1ccc(Br)cc1F)[C@H]1CCCN(S(=O)(=O)c2cccs2)C1. The van der Waals surface area contributed by atoms with E-state index in [1.807, 2.05) is 0 Å². The number of hydrogen-bond donors (Lipinski definition) is 1. The fourth-order valence-corrected chi connectivity index (χ4v) is 5.74. The highest BCUT2D eigenvalue weighted by molar-refractivity contribution is 9.10. The van der Waals surface area contributed by atoms with Crippen molar-refractivity contribution in [3.8, 4) is 0 Å². The van der Waals surface area contributed by atoms with E-state index in [-0.39, 0.29) is 22.3 Å². The summed E-state index contributed by atoms with van der Waals surface area (Å²) in [4.78, 5) is 12.5. The zero-order chi connectivity index (χ0) is 18.0. The Hall–Kier alpha value is -1.29. The summed E-state index contributed by atoms with van der Waals surface area (Å²) in [5.41, 5.74) is 0.0893. The van der Waals surface area contributed by atoms with Gasteiger partial charge in [0, 0.05) is 17.6 Å². The maximum Gasteiger partial charge on any atom is 0.252 e. The number of carbonyl (C=O) groups excluding carboxylic acids is 1. The summed E-state index contributed by atoms with van der Waals surface area (Å²) in [5.74, 6) is -1.42. The van der Waals surface area contributed by atoms with E-state index in [0.29, 0.717) is 23.9 Å². The molecule has 25 heavy (non-hydrogen) atoms. The van der Waals surface area contributed by atoms with Crippen LogP contribution in [0.1, 0.15) is 12.8 Å². The quantitative estimate of drug-likeness (QED) is 0.778. The molecule has 0 aliphatic carbocycles. The van der Waals surface area contributed by atoms with Crippen molar-refractivity contribution in [1.29, 1.82) is 0 Å². The maximum atomic E-state index is 13.9. The predicted molar refractivity (Wildman–Crippen MR) is 98.5 cm³/mol. The molecule has 1 aromatic carbocycles. The minimum absolute atomic E-state index is 0.0893. The Morgan fingerprint density at radius 3 is 2.84 bits per heavy atom. The summed E-state index contributed by atoms with van der Waals surface area (Å²) in [6.07, 6.45) is 1.16. The first-order chi connectivity index (χ1) is 11.9. The van der Waals surface area contributed by atoms with Gasteiger partial charge in [-0.15, -0.1) is 11.3 Å². The highest BCUT2D eigenvalue weighted by Crippen LogP contribution is 2.27. The number of nitrogens with one attached hydrogen (secondary N) is 1. The Morgan fingerprint density at radius 2 is 2.16 bits per heavy atom. The minimum Gasteiger partial charge on any atom is -0.323 e. The fourth-order valence-electron chi connectivity index (χ4n) is 2.74. The number of nitrogens with zero attached hydrogens (tertiary/aromatic N) is 1. The molecule has 0 bridgehead atoms. The molecule has 2 heterocycles. The number of benzene rings is 1. The van der Waals surface area contributed by atoms with Crippen molar-refractivity contribution >= 4 is 48.9 Å². The van der Waals surface area contributed by atoms with Crippen LogP contribution >= 0.6 is 27.3 Å². The van der Waals surface area contributed by atoms with E-state index in [2.05, 4.69) is 21.2 Å². The van der Waals surface area contributed by atoms with E-state index in [4.69, 9.17) is 0 Å². The number of thiophene rings is 1. The lowest BCUT2D eigenvalue weighted by Gasteiger charge is -2.30. The van der Waals surface area contributed by atoms with E-state index < -0.39 is 21.8 Å². The van der Waals surface area contributed by atoms with Crippen LogP contribution in [0.4, 0.5) is 10.1 Å². The number of halogens is 2. The summed E-state index contributed by atoms with van der Waals surface area (Å²) < 4.78 is 41.3. The molecule has 1 aliphatic rings. The van der Waals surface area contributed by atoms with Crippen LogP contribution in [0.3, 0.4) is 0 Å². The Labute approximate surface area is 158 Å². The van der Waals surface area contributed by atoms with Gasteiger partial charge >= 0.3 is 0 Å². The molecule has 3 rings (SSSR count). The first-order valence-electron chi connectivity index (χ1n) is 7.67. The van der Waals surface area contributed by atoms with Gasteiger partial charge in [0.2, 0.25) is 5.91 Å². The highest BCUT2D eigenvalue weighted by atomic mass is 79.9. The fraction of sp³-hybridized carbons (Fsp3) is 0.312. The first kappa shape index (κ1) is 18.5. The van der Waals surface area contributed by atoms with Gasteiger partial charge in [-0.2, -0.15) is 4.31 Å². The molecule has 1 fully saturated rings. The summed E-state index contributed by atoms with van der Waals surface area (Å²) >= 11 is 4.32. The third kappa shape index (κ3) is 4.11. The van der Waals surface area contributed by atoms with Crippen LogP contribution < -0.4 is 5.32 Å². The summed E-state index contributed by atoms with van der Waals surface area (Å²) in [5, 5.41) is 4.27. The van der Waals surface area contributed by atoms with E-state index in [1.165, 1.54) is 16.4 Å². The van der Waals surface area contributed by atoms with Gasteiger partial charge in [0.15, 0.2) is 0 Å². The van der Waals surface area contributed by atoms with Gasteiger partial charge in [0.25, 0.3) is 10.0 Å². The highest BCUT2D eigenvalue weighted by Gasteiger charge is 2.34. The zero-order valence-electron chi connectivity index (χ0n) is 13.1. The molecule has 1 aromatic heterocycles. The second-order valence-corrected chi connectivity index (χ2v) is 9.78. The molecule has 1 N–H and O–H groups in total. The molecule has 1 amide bonds. The molecule has 5 nitrogen and oxygen atoms in total. The molecule has 1 aliphatic heterocycles. The number of piperidine rings is 1. The third-order valence-electron chi connectivity index (χ3n) is 4.03. The van der Waals surface area contributed by atoms with Crippen molar-refractivity contribution in [2.24, 2.45) is 5.92 Å². The van der Waals surface area contributed by atoms with Crippen molar-refractivity contribution in [2.75, 3.05) is 18.4 Å². The zero-order valence-corrected chi connectivity index (χ0v) is 16.3. The lowest BCUT2D eigenvalue weighted by Crippen LogP contribution is -2.43. The van der Waals surface area contributed by atoms with E-state index in [9.17, 15) is 17.6 Å².